The van der Waals surface area contributed by atoms with E-state index in [2.05, 4.69) is 53.3 Å². The van der Waals surface area contributed by atoms with E-state index in [0.29, 0.717) is 17.8 Å². The van der Waals surface area contributed by atoms with Crippen molar-refractivity contribution in [2.75, 3.05) is 0 Å². The van der Waals surface area contributed by atoms with E-state index in [1.165, 1.54) is 36.6 Å². The van der Waals surface area contributed by atoms with E-state index >= 15 is 0 Å². The normalized spacial score (nSPS) is 20.3. The molecule has 3 nitrogen and oxygen atoms in total. The van der Waals surface area contributed by atoms with Crippen LogP contribution in [0.2, 0.25) is 5.02 Å². The van der Waals surface area contributed by atoms with Gasteiger partial charge < -0.3 is 4.98 Å². The molecule has 4 heteroatoms. The van der Waals surface area contributed by atoms with Crippen molar-refractivity contribution in [1.29, 1.82) is 0 Å². The molecular formula is C26H26ClN3. The summed E-state index contributed by atoms with van der Waals surface area (Å²) < 4.78 is 0. The molecule has 1 saturated carbocycles. The lowest BCUT2D eigenvalue weighted by Crippen LogP contribution is -2.19. The minimum absolute atomic E-state index is 0.424. The maximum atomic E-state index is 6.14. The molecule has 1 aliphatic carbocycles. The van der Waals surface area contributed by atoms with Gasteiger partial charge in [-0.1, -0.05) is 48.9 Å². The number of nitrogens with zero attached hydrogens (tertiary/aromatic N) is 2. The molecule has 0 saturated heterocycles. The molecule has 152 valence electrons. The number of rotatable bonds is 4. The quantitative estimate of drug-likeness (QED) is 0.378. The summed E-state index contributed by atoms with van der Waals surface area (Å²) in [6.45, 7) is 2.31. The number of H-pyrrole nitrogens is 1. The van der Waals surface area contributed by atoms with E-state index in [0.717, 1.165) is 27.6 Å². The predicted molar refractivity (Wildman–Crippen MR) is 124 cm³/mol. The highest BCUT2D eigenvalue weighted by Gasteiger charge is 2.29. The number of para-hydroxylation sites is 1. The number of hydrogen-bond donors (Lipinski definition) is 1. The van der Waals surface area contributed by atoms with Crippen LogP contribution in [-0.4, -0.2) is 15.0 Å². The van der Waals surface area contributed by atoms with E-state index < -0.39 is 0 Å². The number of hydrogen-bond acceptors (Lipinski definition) is 2. The van der Waals surface area contributed by atoms with E-state index in [-0.39, 0.29) is 0 Å². The van der Waals surface area contributed by atoms with Crippen LogP contribution >= 0.6 is 11.6 Å². The summed E-state index contributed by atoms with van der Waals surface area (Å²) in [6, 6.07) is 18.6. The zero-order valence-corrected chi connectivity index (χ0v) is 17.9. The molecule has 1 fully saturated rings. The fourth-order valence-corrected chi connectivity index (χ4v) is 5.18. The van der Waals surface area contributed by atoms with Crippen molar-refractivity contribution in [3.8, 4) is 11.3 Å². The lowest BCUT2D eigenvalue weighted by Gasteiger charge is -2.32. The van der Waals surface area contributed by atoms with Gasteiger partial charge in [0, 0.05) is 34.3 Å². The highest BCUT2D eigenvalue weighted by Crippen LogP contribution is 2.42. The average Bonchev–Trinajstić information content (AvgIpc) is 3.29. The molecule has 0 amide bonds. The summed E-state index contributed by atoms with van der Waals surface area (Å²) in [5.41, 5.74) is 4.60. The molecule has 0 radical (unpaired) electrons. The zero-order chi connectivity index (χ0) is 20.5. The highest BCUT2D eigenvalue weighted by molar-refractivity contribution is 6.30. The predicted octanol–water partition coefficient (Wildman–Crippen LogP) is 7.36. The maximum Gasteiger partial charge on any atom is 0.109 e. The van der Waals surface area contributed by atoms with Gasteiger partial charge in [-0.15, -0.1) is 0 Å². The summed E-state index contributed by atoms with van der Waals surface area (Å²) in [5, 5.41) is 2.06. The molecule has 0 aliphatic heterocycles. The van der Waals surface area contributed by atoms with Crippen LogP contribution in [-0.2, 0) is 0 Å². The molecule has 1 N–H and O–H groups in total. The molecular weight excluding hydrogens is 390 g/mol. The molecule has 2 aromatic carbocycles. The molecule has 0 unspecified atom stereocenters. The maximum absolute atomic E-state index is 6.14. The molecule has 0 spiro atoms. The third-order valence-corrected chi connectivity index (χ3v) is 6.99. The number of benzene rings is 2. The van der Waals surface area contributed by atoms with Crippen LogP contribution < -0.4 is 0 Å². The Morgan fingerprint density at radius 3 is 2.67 bits per heavy atom. The first-order valence-corrected chi connectivity index (χ1v) is 11.2. The van der Waals surface area contributed by atoms with Gasteiger partial charge in [-0.05, 0) is 67.3 Å². The molecule has 30 heavy (non-hydrogen) atoms. The van der Waals surface area contributed by atoms with Gasteiger partial charge in [-0.2, -0.15) is 0 Å². The summed E-state index contributed by atoms with van der Waals surface area (Å²) in [7, 11) is 0. The monoisotopic (exact) mass is 415 g/mol. The lowest BCUT2D eigenvalue weighted by molar-refractivity contribution is 0.286. The molecule has 0 bridgehead atoms. The average molecular weight is 416 g/mol. The molecule has 2 aromatic heterocycles. The van der Waals surface area contributed by atoms with Crippen molar-refractivity contribution in [2.24, 2.45) is 5.92 Å². The number of aromatic amines is 1. The van der Waals surface area contributed by atoms with Gasteiger partial charge in [0.2, 0.25) is 0 Å². The molecule has 1 atom stereocenters. The Bertz CT molecular complexity index is 1150. The smallest absolute Gasteiger partial charge is 0.109 e. The van der Waals surface area contributed by atoms with E-state index in [1.54, 1.807) is 0 Å². The van der Waals surface area contributed by atoms with E-state index in [4.69, 9.17) is 16.6 Å². The first-order chi connectivity index (χ1) is 14.7. The van der Waals surface area contributed by atoms with Crippen molar-refractivity contribution in [1.82, 2.24) is 15.0 Å². The third kappa shape index (κ3) is 3.75. The Morgan fingerprint density at radius 1 is 1.00 bits per heavy atom. The van der Waals surface area contributed by atoms with Crippen molar-refractivity contribution in [3.63, 3.8) is 0 Å². The van der Waals surface area contributed by atoms with Gasteiger partial charge >= 0.3 is 0 Å². The third-order valence-electron chi connectivity index (χ3n) is 6.75. The second kappa shape index (κ2) is 8.23. The number of imidazole rings is 1. The highest BCUT2D eigenvalue weighted by atomic mass is 35.5. The molecule has 2 heterocycles. The van der Waals surface area contributed by atoms with Crippen LogP contribution in [0.1, 0.15) is 55.8 Å². The van der Waals surface area contributed by atoms with Crippen LogP contribution in [0.3, 0.4) is 0 Å². The van der Waals surface area contributed by atoms with Crippen LogP contribution in [0.15, 0.2) is 67.0 Å². The van der Waals surface area contributed by atoms with Crippen molar-refractivity contribution in [2.45, 2.75) is 44.4 Å². The number of nitrogens with one attached hydrogen (secondary N) is 1. The van der Waals surface area contributed by atoms with Gasteiger partial charge in [0.15, 0.2) is 0 Å². The summed E-state index contributed by atoms with van der Waals surface area (Å²) in [5.74, 6) is 2.79. The van der Waals surface area contributed by atoms with Gasteiger partial charge in [-0.3, -0.25) is 4.98 Å². The Morgan fingerprint density at radius 2 is 1.83 bits per heavy atom. The first kappa shape index (κ1) is 19.3. The van der Waals surface area contributed by atoms with E-state index in [1.807, 2.05) is 30.6 Å². The summed E-state index contributed by atoms with van der Waals surface area (Å²) in [4.78, 5) is 12.8. The number of pyridine rings is 1. The Balaban J connectivity index is 1.29. The fourth-order valence-electron chi connectivity index (χ4n) is 4.99. The van der Waals surface area contributed by atoms with Gasteiger partial charge in [0.05, 0.1) is 11.2 Å². The van der Waals surface area contributed by atoms with Crippen LogP contribution in [0.25, 0.3) is 22.2 Å². The second-order valence-electron chi connectivity index (χ2n) is 8.50. The molecule has 4 aromatic rings. The van der Waals surface area contributed by atoms with Gasteiger partial charge in [-0.25, -0.2) is 4.98 Å². The zero-order valence-electron chi connectivity index (χ0n) is 17.2. The van der Waals surface area contributed by atoms with Crippen molar-refractivity contribution < 1.29 is 0 Å². The van der Waals surface area contributed by atoms with Gasteiger partial charge in [0.1, 0.15) is 5.82 Å². The van der Waals surface area contributed by atoms with Gasteiger partial charge in [0.25, 0.3) is 0 Å². The number of aromatic nitrogens is 3. The van der Waals surface area contributed by atoms with Crippen molar-refractivity contribution in [3.05, 3.63) is 83.4 Å². The van der Waals surface area contributed by atoms with Crippen LogP contribution in [0.5, 0.6) is 0 Å². The Hall–Kier alpha value is -2.65. The topological polar surface area (TPSA) is 41.6 Å². The SMILES string of the molecule is C[C@@H](c1nc(-c2cccc(Cl)c2)c[nH]1)[C@H]1CC[C@@H](c2ccnc3ccccc32)CC1. The second-order valence-corrected chi connectivity index (χ2v) is 8.94. The standard InChI is InChI=1S/C26H26ClN3/c1-17(26-29-16-25(30-26)20-5-4-6-21(27)15-20)18-9-11-19(12-10-18)22-13-14-28-24-8-3-2-7-23(22)24/h2-8,13-19H,9-12H2,1H3,(H,29,30)/t17-,18-,19+/m1/s1. The minimum atomic E-state index is 0.424. The molecule has 5 rings (SSSR count). The number of halogens is 1. The first-order valence-electron chi connectivity index (χ1n) is 10.8. The number of fused-ring (bicyclic) bond motifs is 1. The molecule has 1 aliphatic rings. The minimum Gasteiger partial charge on any atom is -0.348 e. The Labute approximate surface area is 182 Å². The summed E-state index contributed by atoms with van der Waals surface area (Å²) in [6.07, 6.45) is 8.89. The summed E-state index contributed by atoms with van der Waals surface area (Å²) >= 11 is 6.14. The Kier molecular flexibility index (Phi) is 5.30. The largest absolute Gasteiger partial charge is 0.348 e. The fraction of sp³-hybridized carbons (Fsp3) is 0.308. The van der Waals surface area contributed by atoms with E-state index in [9.17, 15) is 0 Å². The van der Waals surface area contributed by atoms with Crippen LogP contribution in [0, 0.1) is 5.92 Å². The lowest BCUT2D eigenvalue weighted by atomic mass is 9.73. The van der Waals surface area contributed by atoms with Crippen molar-refractivity contribution >= 4 is 22.5 Å². The van der Waals surface area contributed by atoms with Crippen LogP contribution in [0.4, 0.5) is 0 Å².